The van der Waals surface area contributed by atoms with Crippen LogP contribution in [0, 0.1) is 0 Å². The number of benzene rings is 1. The van der Waals surface area contributed by atoms with Crippen LogP contribution in [0.25, 0.3) is 22.0 Å². The maximum Gasteiger partial charge on any atom is 0.409 e. The highest BCUT2D eigenvalue weighted by Crippen LogP contribution is 2.27. The van der Waals surface area contributed by atoms with E-state index in [0.29, 0.717) is 16.4 Å². The zero-order valence-corrected chi connectivity index (χ0v) is 15.8. The Bertz CT molecular complexity index is 1220. The fraction of sp³-hybridized carbons (Fsp3) is 0.0500. The first-order valence-corrected chi connectivity index (χ1v) is 9.50. The van der Waals surface area contributed by atoms with E-state index in [9.17, 15) is 9.59 Å². The molecule has 2 N–H and O–H groups in total. The standard InChI is InChI=1S/C20H15N5O3S/c26-18-5-4-16(19-23-17(12-29-19)14-6-8-21-9-7-14)24-25(18)11-13-2-1-3-15(10-13)22-20(27)28/h1-10,12,22H,11H2,(H,27,28). The molecule has 0 fully saturated rings. The Morgan fingerprint density at radius 2 is 1.93 bits per heavy atom. The molecule has 0 radical (unpaired) electrons. The van der Waals surface area contributed by atoms with Gasteiger partial charge in [-0.05, 0) is 35.9 Å². The molecule has 1 aromatic carbocycles. The van der Waals surface area contributed by atoms with Gasteiger partial charge in [0.1, 0.15) is 10.7 Å². The highest BCUT2D eigenvalue weighted by atomic mass is 32.1. The van der Waals surface area contributed by atoms with Crippen LogP contribution >= 0.6 is 11.3 Å². The smallest absolute Gasteiger partial charge is 0.409 e. The summed E-state index contributed by atoms with van der Waals surface area (Å²) in [4.78, 5) is 31.7. The molecule has 3 heterocycles. The van der Waals surface area contributed by atoms with Gasteiger partial charge in [0.05, 0.1) is 12.2 Å². The van der Waals surface area contributed by atoms with Gasteiger partial charge in [0, 0.05) is 35.1 Å². The van der Waals surface area contributed by atoms with Gasteiger partial charge in [-0.15, -0.1) is 11.3 Å². The Kier molecular flexibility index (Phi) is 5.12. The predicted molar refractivity (Wildman–Crippen MR) is 110 cm³/mol. The molecular formula is C20H15N5O3S. The molecule has 0 unspecified atom stereocenters. The van der Waals surface area contributed by atoms with E-state index in [4.69, 9.17) is 5.11 Å². The maximum absolute atomic E-state index is 12.3. The number of anilines is 1. The molecule has 1 amide bonds. The van der Waals surface area contributed by atoms with Crippen LogP contribution in [0.15, 0.2) is 71.1 Å². The van der Waals surface area contributed by atoms with Gasteiger partial charge in [-0.2, -0.15) is 5.10 Å². The van der Waals surface area contributed by atoms with Gasteiger partial charge in [-0.25, -0.2) is 14.5 Å². The number of carboxylic acid groups (broad SMARTS) is 1. The molecule has 0 saturated heterocycles. The minimum Gasteiger partial charge on any atom is -0.465 e. The van der Waals surface area contributed by atoms with Crippen LogP contribution in [0.4, 0.5) is 10.5 Å². The van der Waals surface area contributed by atoms with E-state index in [1.54, 1.807) is 42.7 Å². The van der Waals surface area contributed by atoms with Crippen LogP contribution in [0.5, 0.6) is 0 Å². The fourth-order valence-electron chi connectivity index (χ4n) is 2.77. The molecule has 29 heavy (non-hydrogen) atoms. The van der Waals surface area contributed by atoms with Crippen molar-refractivity contribution in [1.82, 2.24) is 19.7 Å². The zero-order valence-electron chi connectivity index (χ0n) is 15.0. The lowest BCUT2D eigenvalue weighted by molar-refractivity contribution is 0.210. The van der Waals surface area contributed by atoms with Gasteiger partial charge in [0.2, 0.25) is 0 Å². The van der Waals surface area contributed by atoms with Gasteiger partial charge in [0.25, 0.3) is 5.56 Å². The third kappa shape index (κ3) is 4.36. The lowest BCUT2D eigenvalue weighted by Gasteiger charge is -2.08. The Hall–Kier alpha value is -3.85. The van der Waals surface area contributed by atoms with E-state index in [1.165, 1.54) is 22.1 Å². The van der Waals surface area contributed by atoms with Crippen LogP contribution in [-0.2, 0) is 6.54 Å². The average Bonchev–Trinajstić information content (AvgIpc) is 3.20. The maximum atomic E-state index is 12.3. The lowest BCUT2D eigenvalue weighted by atomic mass is 10.2. The van der Waals surface area contributed by atoms with E-state index in [-0.39, 0.29) is 12.1 Å². The van der Waals surface area contributed by atoms with Gasteiger partial charge in [0.15, 0.2) is 0 Å². The summed E-state index contributed by atoms with van der Waals surface area (Å²) in [6.45, 7) is 0.213. The number of nitrogens with one attached hydrogen (secondary N) is 1. The SMILES string of the molecule is O=C(O)Nc1cccc(Cn2nc(-c3nc(-c4ccncc4)cs3)ccc2=O)c1. The molecule has 0 aliphatic heterocycles. The second-order valence-electron chi connectivity index (χ2n) is 6.12. The minimum atomic E-state index is -1.15. The van der Waals surface area contributed by atoms with Crippen molar-refractivity contribution in [2.75, 3.05) is 5.32 Å². The van der Waals surface area contributed by atoms with Crippen molar-refractivity contribution in [2.24, 2.45) is 0 Å². The fourth-order valence-corrected chi connectivity index (χ4v) is 3.56. The molecule has 0 bridgehead atoms. The van der Waals surface area contributed by atoms with Crippen molar-refractivity contribution in [1.29, 1.82) is 0 Å². The predicted octanol–water partition coefficient (Wildman–Crippen LogP) is 3.57. The number of hydrogen-bond acceptors (Lipinski definition) is 6. The normalized spacial score (nSPS) is 10.6. The molecule has 9 heteroatoms. The Balaban J connectivity index is 1.61. The summed E-state index contributed by atoms with van der Waals surface area (Å²) in [5.74, 6) is 0. The molecule has 0 spiro atoms. The summed E-state index contributed by atoms with van der Waals surface area (Å²) in [6, 6.07) is 13.7. The van der Waals surface area contributed by atoms with Gasteiger partial charge in [-0.1, -0.05) is 12.1 Å². The Labute approximate surface area is 169 Å². The van der Waals surface area contributed by atoms with Crippen LogP contribution in [0.2, 0.25) is 0 Å². The zero-order chi connectivity index (χ0) is 20.2. The van der Waals surface area contributed by atoms with Crippen LogP contribution in [-0.4, -0.2) is 30.9 Å². The highest BCUT2D eigenvalue weighted by Gasteiger charge is 2.10. The topological polar surface area (TPSA) is 110 Å². The molecule has 0 saturated carbocycles. The molecular weight excluding hydrogens is 390 g/mol. The first kappa shape index (κ1) is 18.5. The van der Waals surface area contributed by atoms with Crippen molar-refractivity contribution >= 4 is 23.1 Å². The van der Waals surface area contributed by atoms with Crippen molar-refractivity contribution in [3.8, 4) is 22.0 Å². The molecule has 0 atom stereocenters. The van der Waals surface area contributed by atoms with Gasteiger partial charge >= 0.3 is 6.09 Å². The lowest BCUT2D eigenvalue weighted by Crippen LogP contribution is -2.22. The number of nitrogens with zero attached hydrogens (tertiary/aromatic N) is 4. The van der Waals surface area contributed by atoms with Crippen molar-refractivity contribution in [2.45, 2.75) is 6.54 Å². The molecule has 4 aromatic rings. The number of aromatic nitrogens is 4. The molecule has 4 rings (SSSR count). The quantitative estimate of drug-likeness (QED) is 0.525. The summed E-state index contributed by atoms with van der Waals surface area (Å²) in [7, 11) is 0. The van der Waals surface area contributed by atoms with Gasteiger partial charge < -0.3 is 5.11 Å². The number of rotatable bonds is 5. The van der Waals surface area contributed by atoms with E-state index in [2.05, 4.69) is 20.4 Å². The first-order chi connectivity index (χ1) is 14.1. The minimum absolute atomic E-state index is 0.213. The third-order valence-electron chi connectivity index (χ3n) is 4.08. The number of hydrogen-bond donors (Lipinski definition) is 2. The number of thiazole rings is 1. The molecule has 0 aliphatic carbocycles. The highest BCUT2D eigenvalue weighted by molar-refractivity contribution is 7.13. The van der Waals surface area contributed by atoms with Gasteiger partial charge in [-0.3, -0.25) is 15.1 Å². The largest absolute Gasteiger partial charge is 0.465 e. The van der Waals surface area contributed by atoms with E-state index in [1.807, 2.05) is 17.5 Å². The second-order valence-corrected chi connectivity index (χ2v) is 6.98. The van der Waals surface area contributed by atoms with E-state index >= 15 is 0 Å². The van der Waals surface area contributed by atoms with E-state index < -0.39 is 6.09 Å². The second kappa shape index (κ2) is 8.03. The monoisotopic (exact) mass is 405 g/mol. The van der Waals surface area contributed by atoms with E-state index in [0.717, 1.165) is 16.8 Å². The summed E-state index contributed by atoms with van der Waals surface area (Å²) >= 11 is 1.44. The van der Waals surface area contributed by atoms with Crippen molar-refractivity contribution in [3.05, 3.63) is 82.2 Å². The van der Waals surface area contributed by atoms with Crippen LogP contribution in [0.3, 0.4) is 0 Å². The molecule has 0 aliphatic rings. The van der Waals surface area contributed by atoms with Crippen molar-refractivity contribution < 1.29 is 9.90 Å². The van der Waals surface area contributed by atoms with Crippen molar-refractivity contribution in [3.63, 3.8) is 0 Å². The Morgan fingerprint density at radius 1 is 1.10 bits per heavy atom. The number of amides is 1. The number of pyridine rings is 1. The molecule has 3 aromatic heterocycles. The molecule has 8 nitrogen and oxygen atoms in total. The summed E-state index contributed by atoms with van der Waals surface area (Å²) in [5.41, 5.74) is 3.30. The average molecular weight is 405 g/mol. The third-order valence-corrected chi connectivity index (χ3v) is 4.94. The summed E-state index contributed by atoms with van der Waals surface area (Å²) in [5, 5.41) is 18.2. The Morgan fingerprint density at radius 3 is 2.72 bits per heavy atom. The summed E-state index contributed by atoms with van der Waals surface area (Å²) < 4.78 is 1.34. The number of carbonyl (C=O) groups is 1. The van der Waals surface area contributed by atoms with Crippen LogP contribution in [0.1, 0.15) is 5.56 Å². The first-order valence-electron chi connectivity index (χ1n) is 8.62. The van der Waals surface area contributed by atoms with Crippen LogP contribution < -0.4 is 10.9 Å². The molecule has 144 valence electrons. The summed E-state index contributed by atoms with van der Waals surface area (Å²) in [6.07, 6.45) is 2.27.